The van der Waals surface area contributed by atoms with E-state index in [2.05, 4.69) is 4.18 Å². The first-order valence-corrected chi connectivity index (χ1v) is 4.10. The molecule has 0 amide bonds. The van der Waals surface area contributed by atoms with Crippen LogP contribution >= 0.6 is 0 Å². The molecule has 0 aromatic rings. The van der Waals surface area contributed by atoms with E-state index in [-0.39, 0.29) is 19.4 Å². The van der Waals surface area contributed by atoms with Gasteiger partial charge in [-0.25, -0.2) is 4.18 Å². The minimum Gasteiger partial charge on any atom is -0.264 e. The number of rotatable bonds is 5. The van der Waals surface area contributed by atoms with E-state index in [1.807, 2.05) is 0 Å². The van der Waals surface area contributed by atoms with Crippen LogP contribution in [0.3, 0.4) is 0 Å². The van der Waals surface area contributed by atoms with Gasteiger partial charge in [-0.15, -0.1) is 0 Å². The molecule has 0 fully saturated rings. The highest BCUT2D eigenvalue weighted by molar-refractivity contribution is 7.80. The van der Waals surface area contributed by atoms with E-state index < -0.39 is 17.1 Å². The van der Waals surface area contributed by atoms with Crippen molar-refractivity contribution >= 4 is 10.4 Å². The van der Waals surface area contributed by atoms with Crippen molar-refractivity contribution in [2.75, 3.05) is 13.3 Å². The molecule has 0 aromatic heterocycles. The number of hydrogen-bond acceptors (Lipinski definition) is 3. The minimum atomic E-state index is -4.33. The van der Waals surface area contributed by atoms with E-state index in [4.69, 9.17) is 4.55 Å². The summed E-state index contributed by atoms with van der Waals surface area (Å²) in [6, 6.07) is 0. The Morgan fingerprint density at radius 2 is 2.00 bits per heavy atom. The van der Waals surface area contributed by atoms with Gasteiger partial charge in [0.25, 0.3) is 0 Å². The second-order valence-electron chi connectivity index (χ2n) is 1.65. The van der Waals surface area contributed by atoms with Crippen LogP contribution in [0.15, 0.2) is 0 Å². The van der Waals surface area contributed by atoms with E-state index in [0.717, 1.165) is 0 Å². The van der Waals surface area contributed by atoms with Crippen molar-refractivity contribution in [3.05, 3.63) is 0 Å². The number of hydrogen-bond donors (Lipinski definition) is 1. The van der Waals surface area contributed by atoms with Gasteiger partial charge < -0.3 is 0 Å². The Labute approximate surface area is 59.0 Å². The van der Waals surface area contributed by atoms with Gasteiger partial charge in [-0.1, -0.05) is 0 Å². The fraction of sp³-hybridized carbons (Fsp3) is 1.00. The first-order chi connectivity index (χ1) is 4.56. The van der Waals surface area contributed by atoms with Crippen LogP contribution in [0.25, 0.3) is 0 Å². The van der Waals surface area contributed by atoms with Gasteiger partial charge in [-0.2, -0.15) is 8.42 Å². The van der Waals surface area contributed by atoms with E-state index in [1.165, 1.54) is 0 Å². The molecule has 0 radical (unpaired) electrons. The number of halogens is 1. The lowest BCUT2D eigenvalue weighted by molar-refractivity contribution is 0.258. The molecule has 1 N–H and O–H groups in total. The second-order valence-corrected chi connectivity index (χ2v) is 2.74. The van der Waals surface area contributed by atoms with Gasteiger partial charge in [0.15, 0.2) is 0 Å². The second kappa shape index (κ2) is 4.59. The van der Waals surface area contributed by atoms with Gasteiger partial charge in [0.1, 0.15) is 0 Å². The average molecular weight is 172 g/mol. The number of alkyl halides is 1. The first-order valence-electron chi connectivity index (χ1n) is 2.74. The highest BCUT2D eigenvalue weighted by atomic mass is 32.3. The van der Waals surface area contributed by atoms with Crippen LogP contribution in [0.4, 0.5) is 4.39 Å². The van der Waals surface area contributed by atoms with Crippen LogP contribution in [0.2, 0.25) is 0 Å². The molecule has 4 nitrogen and oxygen atoms in total. The molecular weight excluding hydrogens is 163 g/mol. The zero-order valence-electron chi connectivity index (χ0n) is 5.29. The molecule has 0 heterocycles. The average Bonchev–Trinajstić information content (AvgIpc) is 1.78. The Bertz CT molecular complexity index is 164. The van der Waals surface area contributed by atoms with E-state index in [9.17, 15) is 12.8 Å². The topological polar surface area (TPSA) is 63.6 Å². The summed E-state index contributed by atoms with van der Waals surface area (Å²) in [6.07, 6.45) is 0.534. The Kier molecular flexibility index (Phi) is 4.50. The molecule has 0 aliphatic heterocycles. The van der Waals surface area contributed by atoms with Crippen LogP contribution in [0, 0.1) is 0 Å². The van der Waals surface area contributed by atoms with Crippen molar-refractivity contribution in [3.8, 4) is 0 Å². The van der Waals surface area contributed by atoms with Gasteiger partial charge >= 0.3 is 10.4 Å². The predicted octanol–water partition coefficient (Wildman–Crippen LogP) is 0.556. The molecule has 62 valence electrons. The third kappa shape index (κ3) is 7.80. The van der Waals surface area contributed by atoms with Crippen LogP contribution < -0.4 is 0 Å². The molecule has 0 saturated carbocycles. The third-order valence-corrected chi connectivity index (χ3v) is 1.22. The Hall–Kier alpha value is -0.200. The summed E-state index contributed by atoms with van der Waals surface area (Å²) in [5.41, 5.74) is 0. The fourth-order valence-electron chi connectivity index (χ4n) is 0.361. The van der Waals surface area contributed by atoms with E-state index in [1.54, 1.807) is 0 Å². The SMILES string of the molecule is O=S(=O)(O)OCCCCF. The smallest absolute Gasteiger partial charge is 0.264 e. The third-order valence-electron chi connectivity index (χ3n) is 0.760. The van der Waals surface area contributed by atoms with Crippen molar-refractivity contribution in [2.24, 2.45) is 0 Å². The van der Waals surface area contributed by atoms with Crippen molar-refractivity contribution < 1.29 is 21.5 Å². The van der Waals surface area contributed by atoms with Gasteiger partial charge in [-0.05, 0) is 12.8 Å². The minimum absolute atomic E-state index is 0.164. The van der Waals surface area contributed by atoms with Crippen LogP contribution in [-0.4, -0.2) is 26.3 Å². The summed E-state index contributed by atoms with van der Waals surface area (Å²) < 4.78 is 42.9. The van der Waals surface area contributed by atoms with Crippen LogP contribution in [0.1, 0.15) is 12.8 Å². The van der Waals surface area contributed by atoms with Crippen LogP contribution in [-0.2, 0) is 14.6 Å². The highest BCUT2D eigenvalue weighted by Crippen LogP contribution is 1.93. The first kappa shape index (κ1) is 9.80. The fourth-order valence-corrected chi connectivity index (χ4v) is 0.689. The maximum atomic E-state index is 11.3. The van der Waals surface area contributed by atoms with E-state index in [0.29, 0.717) is 0 Å². The molecule has 0 aromatic carbocycles. The molecule has 10 heavy (non-hydrogen) atoms. The zero-order valence-corrected chi connectivity index (χ0v) is 6.10. The molecule has 0 aliphatic rings. The molecule has 0 spiro atoms. The molecule has 0 bridgehead atoms. The largest absolute Gasteiger partial charge is 0.397 e. The molecule has 0 rings (SSSR count). The summed E-state index contributed by atoms with van der Waals surface area (Å²) in [4.78, 5) is 0. The van der Waals surface area contributed by atoms with Crippen molar-refractivity contribution in [1.29, 1.82) is 0 Å². The van der Waals surface area contributed by atoms with Crippen LogP contribution in [0.5, 0.6) is 0 Å². The van der Waals surface area contributed by atoms with Gasteiger partial charge in [0.2, 0.25) is 0 Å². The summed E-state index contributed by atoms with van der Waals surface area (Å²) in [5.74, 6) is 0. The lowest BCUT2D eigenvalue weighted by atomic mass is 10.4. The maximum absolute atomic E-state index is 11.3. The summed E-state index contributed by atoms with van der Waals surface area (Å²) in [7, 11) is -4.33. The summed E-state index contributed by atoms with van der Waals surface area (Å²) in [5, 5.41) is 0. The van der Waals surface area contributed by atoms with Gasteiger partial charge in [-0.3, -0.25) is 8.94 Å². The standard InChI is InChI=1S/C4H9FO4S/c5-3-1-2-4-9-10(6,7)8/h1-4H2,(H,6,7,8). The van der Waals surface area contributed by atoms with Crippen molar-refractivity contribution in [2.45, 2.75) is 12.8 Å². The molecule has 0 saturated heterocycles. The monoisotopic (exact) mass is 172 g/mol. The Balaban J connectivity index is 3.21. The summed E-state index contributed by atoms with van der Waals surface area (Å²) >= 11 is 0. The molecule has 0 aliphatic carbocycles. The van der Waals surface area contributed by atoms with Crippen molar-refractivity contribution in [3.63, 3.8) is 0 Å². The van der Waals surface area contributed by atoms with Crippen molar-refractivity contribution in [1.82, 2.24) is 0 Å². The lowest BCUT2D eigenvalue weighted by Crippen LogP contribution is -2.04. The Morgan fingerprint density at radius 3 is 2.40 bits per heavy atom. The quantitative estimate of drug-likeness (QED) is 0.486. The molecule has 6 heteroatoms. The Morgan fingerprint density at radius 1 is 1.40 bits per heavy atom. The molecule has 0 atom stereocenters. The maximum Gasteiger partial charge on any atom is 0.397 e. The highest BCUT2D eigenvalue weighted by Gasteiger charge is 2.01. The molecule has 0 unspecified atom stereocenters. The predicted molar refractivity (Wildman–Crippen MR) is 32.7 cm³/mol. The van der Waals surface area contributed by atoms with Gasteiger partial charge in [0, 0.05) is 0 Å². The lowest BCUT2D eigenvalue weighted by Gasteiger charge is -1.96. The van der Waals surface area contributed by atoms with E-state index >= 15 is 0 Å². The molecular formula is C4H9FO4S. The van der Waals surface area contributed by atoms with Gasteiger partial charge in [0.05, 0.1) is 13.3 Å². The normalized spacial score (nSPS) is 11.8. The summed E-state index contributed by atoms with van der Waals surface area (Å²) in [6.45, 7) is -0.669. The number of unbranched alkanes of at least 4 members (excludes halogenated alkanes) is 1. The zero-order chi connectivity index (χ0) is 8.04.